The van der Waals surface area contributed by atoms with Gasteiger partial charge < -0.3 is 10.0 Å². The number of hydrogen-bond donors (Lipinski definition) is 1. The van der Waals surface area contributed by atoms with Crippen molar-refractivity contribution in [2.24, 2.45) is 0 Å². The van der Waals surface area contributed by atoms with Crippen molar-refractivity contribution >= 4 is 23.1 Å². The number of carboxylic acids is 1. The molecule has 0 aliphatic rings. The van der Waals surface area contributed by atoms with Crippen molar-refractivity contribution in [2.75, 3.05) is 4.90 Å². The van der Waals surface area contributed by atoms with Gasteiger partial charge in [-0.1, -0.05) is 6.07 Å². The summed E-state index contributed by atoms with van der Waals surface area (Å²) in [6, 6.07) is 4.97. The molecule has 0 bridgehead atoms. The van der Waals surface area contributed by atoms with Crippen molar-refractivity contribution < 1.29 is 14.3 Å². The van der Waals surface area contributed by atoms with E-state index in [1.165, 1.54) is 0 Å². The SMILES string of the molecule is CC(C)N(Cc1cccs1)c1ncc(F)cc1C(=O)O. The van der Waals surface area contributed by atoms with Gasteiger partial charge >= 0.3 is 5.97 Å². The molecule has 0 atom stereocenters. The molecule has 0 saturated heterocycles. The number of aromatic carboxylic acids is 1. The highest BCUT2D eigenvalue weighted by Gasteiger charge is 2.21. The first-order chi connectivity index (χ1) is 9.49. The Morgan fingerprint density at radius 1 is 1.55 bits per heavy atom. The van der Waals surface area contributed by atoms with Crippen LogP contribution in [0.15, 0.2) is 29.8 Å². The number of halogens is 1. The number of carbonyl (C=O) groups is 1. The highest BCUT2D eigenvalue weighted by molar-refractivity contribution is 7.09. The summed E-state index contributed by atoms with van der Waals surface area (Å²) < 4.78 is 13.2. The summed E-state index contributed by atoms with van der Waals surface area (Å²) in [5.74, 6) is -1.53. The number of nitrogens with zero attached hydrogens (tertiary/aromatic N) is 2. The van der Waals surface area contributed by atoms with E-state index in [-0.39, 0.29) is 11.6 Å². The number of anilines is 1. The Bertz CT molecular complexity index is 599. The van der Waals surface area contributed by atoms with Crippen LogP contribution in [-0.2, 0) is 6.54 Å². The van der Waals surface area contributed by atoms with E-state index >= 15 is 0 Å². The van der Waals surface area contributed by atoms with Crippen LogP contribution in [0.2, 0.25) is 0 Å². The van der Waals surface area contributed by atoms with Gasteiger partial charge in [-0.25, -0.2) is 14.2 Å². The fraction of sp³-hybridized carbons (Fsp3) is 0.286. The Hall–Kier alpha value is -1.95. The van der Waals surface area contributed by atoms with Gasteiger partial charge in [-0.2, -0.15) is 0 Å². The van der Waals surface area contributed by atoms with E-state index in [1.807, 2.05) is 36.3 Å². The van der Waals surface area contributed by atoms with Gasteiger partial charge in [0.05, 0.1) is 12.7 Å². The topological polar surface area (TPSA) is 53.4 Å². The van der Waals surface area contributed by atoms with E-state index in [2.05, 4.69) is 4.98 Å². The maximum absolute atomic E-state index is 13.2. The summed E-state index contributed by atoms with van der Waals surface area (Å²) >= 11 is 1.59. The minimum absolute atomic E-state index is 0.0492. The number of thiophene rings is 1. The molecule has 2 aromatic rings. The molecular weight excluding hydrogens is 279 g/mol. The van der Waals surface area contributed by atoms with Gasteiger partial charge in [0.1, 0.15) is 17.2 Å². The van der Waals surface area contributed by atoms with Gasteiger partial charge in [0, 0.05) is 10.9 Å². The van der Waals surface area contributed by atoms with Crippen LogP contribution in [0.25, 0.3) is 0 Å². The van der Waals surface area contributed by atoms with Crippen molar-refractivity contribution in [3.8, 4) is 0 Å². The highest BCUT2D eigenvalue weighted by atomic mass is 32.1. The lowest BCUT2D eigenvalue weighted by Crippen LogP contribution is -2.32. The summed E-state index contributed by atoms with van der Waals surface area (Å²) in [7, 11) is 0. The molecule has 20 heavy (non-hydrogen) atoms. The lowest BCUT2D eigenvalue weighted by molar-refractivity contribution is 0.0696. The second-order valence-electron chi connectivity index (χ2n) is 4.63. The summed E-state index contributed by atoms with van der Waals surface area (Å²) in [4.78, 5) is 18.2. The number of aromatic nitrogens is 1. The lowest BCUT2D eigenvalue weighted by atomic mass is 10.2. The largest absolute Gasteiger partial charge is 0.478 e. The first kappa shape index (κ1) is 14.5. The van der Waals surface area contributed by atoms with E-state index in [9.17, 15) is 14.3 Å². The second kappa shape index (κ2) is 6.00. The van der Waals surface area contributed by atoms with E-state index in [1.54, 1.807) is 11.3 Å². The van der Waals surface area contributed by atoms with E-state index in [4.69, 9.17) is 0 Å². The molecule has 0 amide bonds. The van der Waals surface area contributed by atoms with E-state index in [0.29, 0.717) is 12.4 Å². The third-order valence-corrected chi connectivity index (χ3v) is 3.73. The molecule has 2 rings (SSSR count). The number of pyridine rings is 1. The number of rotatable bonds is 5. The maximum atomic E-state index is 13.2. The van der Waals surface area contributed by atoms with Crippen LogP contribution >= 0.6 is 11.3 Å². The van der Waals surface area contributed by atoms with Crippen molar-refractivity contribution in [3.63, 3.8) is 0 Å². The summed E-state index contributed by atoms with van der Waals surface area (Å²) in [6.45, 7) is 4.45. The zero-order valence-electron chi connectivity index (χ0n) is 11.2. The molecule has 0 aliphatic carbocycles. The molecule has 6 heteroatoms. The first-order valence-electron chi connectivity index (χ1n) is 6.17. The number of carboxylic acid groups (broad SMARTS) is 1. The number of hydrogen-bond acceptors (Lipinski definition) is 4. The molecule has 2 aromatic heterocycles. The van der Waals surface area contributed by atoms with Crippen molar-refractivity contribution in [2.45, 2.75) is 26.4 Å². The molecule has 0 saturated carbocycles. The monoisotopic (exact) mass is 294 g/mol. The maximum Gasteiger partial charge on any atom is 0.339 e. The molecule has 0 aromatic carbocycles. The molecule has 106 valence electrons. The standard InChI is InChI=1S/C14H15FN2O2S/c1-9(2)17(8-11-4-3-5-20-11)13-12(14(18)19)6-10(15)7-16-13/h3-7,9H,8H2,1-2H3,(H,18,19). The van der Waals surface area contributed by atoms with Crippen LogP contribution in [0, 0.1) is 5.82 Å². The Morgan fingerprint density at radius 3 is 2.85 bits per heavy atom. The molecule has 0 spiro atoms. The average Bonchev–Trinajstić information content (AvgIpc) is 2.89. The van der Waals surface area contributed by atoms with Crippen LogP contribution in [0.1, 0.15) is 29.1 Å². The van der Waals surface area contributed by atoms with Crippen LogP contribution in [0.3, 0.4) is 0 Å². The van der Waals surface area contributed by atoms with Crippen molar-refractivity contribution in [1.29, 1.82) is 0 Å². The molecule has 1 N–H and O–H groups in total. The molecule has 2 heterocycles. The quantitative estimate of drug-likeness (QED) is 0.918. The summed E-state index contributed by atoms with van der Waals surface area (Å²) in [6.07, 6.45) is 1.05. The summed E-state index contributed by atoms with van der Waals surface area (Å²) in [5.41, 5.74) is -0.116. The molecule has 0 aliphatic heterocycles. The first-order valence-corrected chi connectivity index (χ1v) is 7.05. The Morgan fingerprint density at radius 2 is 2.30 bits per heavy atom. The van der Waals surface area contributed by atoms with Gasteiger partial charge in [-0.3, -0.25) is 0 Å². The predicted octanol–water partition coefficient (Wildman–Crippen LogP) is 3.40. The Kier molecular flexibility index (Phi) is 4.34. The van der Waals surface area contributed by atoms with Crippen LogP contribution in [0.5, 0.6) is 0 Å². The van der Waals surface area contributed by atoms with Crippen LogP contribution < -0.4 is 4.90 Å². The molecule has 0 radical (unpaired) electrons. The highest BCUT2D eigenvalue weighted by Crippen LogP contribution is 2.24. The fourth-order valence-corrected chi connectivity index (χ4v) is 2.59. The minimum Gasteiger partial charge on any atom is -0.478 e. The minimum atomic E-state index is -1.18. The molecule has 0 fully saturated rings. The third-order valence-electron chi connectivity index (χ3n) is 2.87. The van der Waals surface area contributed by atoms with Gasteiger partial charge in [0.15, 0.2) is 0 Å². The summed E-state index contributed by atoms with van der Waals surface area (Å²) in [5, 5.41) is 11.2. The van der Waals surface area contributed by atoms with Crippen molar-refractivity contribution in [3.05, 3.63) is 46.0 Å². The Labute approximate surface area is 120 Å². The molecular formula is C14H15FN2O2S. The van der Waals surface area contributed by atoms with Gasteiger partial charge in [0.2, 0.25) is 0 Å². The van der Waals surface area contributed by atoms with Gasteiger partial charge in [-0.15, -0.1) is 11.3 Å². The van der Waals surface area contributed by atoms with Crippen molar-refractivity contribution in [1.82, 2.24) is 4.98 Å². The smallest absolute Gasteiger partial charge is 0.339 e. The molecule has 0 unspecified atom stereocenters. The zero-order chi connectivity index (χ0) is 14.7. The van der Waals surface area contributed by atoms with Crippen LogP contribution in [-0.4, -0.2) is 22.1 Å². The zero-order valence-corrected chi connectivity index (χ0v) is 12.0. The average molecular weight is 294 g/mol. The molecule has 4 nitrogen and oxygen atoms in total. The van der Waals surface area contributed by atoms with Gasteiger partial charge in [-0.05, 0) is 31.4 Å². The third kappa shape index (κ3) is 3.14. The fourth-order valence-electron chi connectivity index (χ4n) is 1.89. The Balaban J connectivity index is 2.41. The second-order valence-corrected chi connectivity index (χ2v) is 5.66. The van der Waals surface area contributed by atoms with Crippen LogP contribution in [0.4, 0.5) is 10.2 Å². The van der Waals surface area contributed by atoms with E-state index in [0.717, 1.165) is 17.1 Å². The van der Waals surface area contributed by atoms with Gasteiger partial charge in [0.25, 0.3) is 0 Å². The predicted molar refractivity (Wildman–Crippen MR) is 76.8 cm³/mol. The lowest BCUT2D eigenvalue weighted by Gasteiger charge is -2.28. The normalized spacial score (nSPS) is 10.8. The van der Waals surface area contributed by atoms with E-state index < -0.39 is 11.8 Å².